The molecule has 0 radical (unpaired) electrons. The lowest BCUT2D eigenvalue weighted by Gasteiger charge is -2.30. The van der Waals surface area contributed by atoms with E-state index in [4.69, 9.17) is 0 Å². The molecule has 0 bridgehead atoms. The zero-order valence-corrected chi connectivity index (χ0v) is 14.6. The van der Waals surface area contributed by atoms with Gasteiger partial charge >= 0.3 is 6.03 Å². The first-order valence-electron chi connectivity index (χ1n) is 8.27. The maximum Gasteiger partial charge on any atom is 0.318 e. The Labute approximate surface area is 142 Å². The van der Waals surface area contributed by atoms with E-state index in [2.05, 4.69) is 42.7 Å². The molecule has 1 saturated carbocycles. The van der Waals surface area contributed by atoms with Gasteiger partial charge in [-0.25, -0.2) is 4.79 Å². The molecule has 1 aromatic heterocycles. The first-order chi connectivity index (χ1) is 11.1. The standard InChI is InChI=1S/C19H24N2OS/c1-14-10-11-23-18(14)12-20-19(22)21(13-16-8-9-16)15(2)17-6-4-3-5-7-17/h3-7,10-11,15-16H,8-9,12-13H2,1-2H3,(H,20,22). The van der Waals surface area contributed by atoms with E-state index in [1.807, 2.05) is 23.1 Å². The monoisotopic (exact) mass is 328 g/mol. The Balaban J connectivity index is 1.67. The minimum atomic E-state index is 0.0426. The summed E-state index contributed by atoms with van der Waals surface area (Å²) in [4.78, 5) is 16.0. The molecule has 23 heavy (non-hydrogen) atoms. The Morgan fingerprint density at radius 2 is 2.04 bits per heavy atom. The summed E-state index contributed by atoms with van der Waals surface area (Å²) in [5.74, 6) is 0.676. The van der Waals surface area contributed by atoms with Crippen molar-refractivity contribution >= 4 is 17.4 Å². The van der Waals surface area contributed by atoms with E-state index in [1.54, 1.807) is 11.3 Å². The molecule has 1 unspecified atom stereocenters. The second-order valence-corrected chi connectivity index (χ2v) is 7.37. The van der Waals surface area contributed by atoms with Crippen LogP contribution in [0.1, 0.15) is 41.8 Å². The van der Waals surface area contributed by atoms with Crippen molar-refractivity contribution in [2.45, 2.75) is 39.3 Å². The van der Waals surface area contributed by atoms with Crippen LogP contribution in [-0.2, 0) is 6.54 Å². The lowest BCUT2D eigenvalue weighted by Crippen LogP contribution is -2.42. The van der Waals surface area contributed by atoms with Gasteiger partial charge in [-0.1, -0.05) is 30.3 Å². The third-order valence-electron chi connectivity index (χ3n) is 4.53. The van der Waals surface area contributed by atoms with Crippen LogP contribution in [-0.4, -0.2) is 17.5 Å². The predicted octanol–water partition coefficient (Wildman–Crippen LogP) is 4.74. The second kappa shape index (κ2) is 7.18. The molecule has 122 valence electrons. The van der Waals surface area contributed by atoms with E-state index >= 15 is 0 Å². The van der Waals surface area contributed by atoms with Crippen LogP contribution in [0, 0.1) is 12.8 Å². The highest BCUT2D eigenvalue weighted by molar-refractivity contribution is 7.10. The Kier molecular flexibility index (Phi) is 5.01. The van der Waals surface area contributed by atoms with Gasteiger partial charge in [0.15, 0.2) is 0 Å². The van der Waals surface area contributed by atoms with E-state index in [9.17, 15) is 4.79 Å². The number of nitrogens with zero attached hydrogens (tertiary/aromatic N) is 1. The maximum absolute atomic E-state index is 12.7. The van der Waals surface area contributed by atoms with Gasteiger partial charge < -0.3 is 10.2 Å². The number of amides is 2. The van der Waals surface area contributed by atoms with Gasteiger partial charge in [0, 0.05) is 11.4 Å². The average molecular weight is 328 g/mol. The summed E-state index contributed by atoms with van der Waals surface area (Å²) in [6.07, 6.45) is 2.49. The summed E-state index contributed by atoms with van der Waals surface area (Å²) >= 11 is 1.70. The second-order valence-electron chi connectivity index (χ2n) is 6.37. The molecule has 1 aromatic carbocycles. The minimum Gasteiger partial charge on any atom is -0.333 e. The number of benzene rings is 1. The van der Waals surface area contributed by atoms with E-state index in [0.29, 0.717) is 12.5 Å². The lowest BCUT2D eigenvalue weighted by molar-refractivity contribution is 0.175. The van der Waals surface area contributed by atoms with Gasteiger partial charge in [-0.2, -0.15) is 0 Å². The number of hydrogen-bond acceptors (Lipinski definition) is 2. The highest BCUT2D eigenvalue weighted by Gasteiger charge is 2.30. The first-order valence-corrected chi connectivity index (χ1v) is 9.15. The molecule has 2 amide bonds. The number of urea groups is 1. The molecular formula is C19H24N2OS. The number of carbonyl (C=O) groups is 1. The van der Waals surface area contributed by atoms with Crippen molar-refractivity contribution in [3.63, 3.8) is 0 Å². The number of carbonyl (C=O) groups excluding carboxylic acids is 1. The average Bonchev–Trinajstić information content (AvgIpc) is 3.31. The quantitative estimate of drug-likeness (QED) is 0.816. The van der Waals surface area contributed by atoms with Gasteiger partial charge in [-0.05, 0) is 55.2 Å². The molecule has 0 aliphatic heterocycles. The summed E-state index contributed by atoms with van der Waals surface area (Å²) < 4.78 is 0. The number of hydrogen-bond donors (Lipinski definition) is 1. The van der Waals surface area contributed by atoms with Crippen LogP contribution in [0.3, 0.4) is 0 Å². The first kappa shape index (κ1) is 16.1. The Hall–Kier alpha value is -1.81. The van der Waals surface area contributed by atoms with Gasteiger partial charge in [0.1, 0.15) is 0 Å². The molecule has 1 fully saturated rings. The molecule has 1 heterocycles. The molecule has 3 rings (SSSR count). The summed E-state index contributed by atoms with van der Waals surface area (Å²) in [5.41, 5.74) is 2.44. The fourth-order valence-corrected chi connectivity index (χ4v) is 3.60. The fraction of sp³-hybridized carbons (Fsp3) is 0.421. The highest BCUT2D eigenvalue weighted by atomic mass is 32.1. The smallest absolute Gasteiger partial charge is 0.318 e. The molecular weight excluding hydrogens is 304 g/mol. The van der Waals surface area contributed by atoms with Crippen LogP contribution < -0.4 is 5.32 Å². The van der Waals surface area contributed by atoms with E-state index < -0.39 is 0 Å². The van der Waals surface area contributed by atoms with Crippen LogP contribution in [0.2, 0.25) is 0 Å². The number of thiophene rings is 1. The molecule has 1 aliphatic rings. The number of rotatable bonds is 6. The highest BCUT2D eigenvalue weighted by Crippen LogP contribution is 2.32. The largest absolute Gasteiger partial charge is 0.333 e. The third-order valence-corrected chi connectivity index (χ3v) is 5.55. The normalized spacial score (nSPS) is 15.2. The van der Waals surface area contributed by atoms with Crippen molar-refractivity contribution in [1.82, 2.24) is 10.2 Å². The molecule has 1 atom stereocenters. The van der Waals surface area contributed by atoms with E-state index in [-0.39, 0.29) is 12.1 Å². The zero-order chi connectivity index (χ0) is 16.2. The Morgan fingerprint density at radius 3 is 2.65 bits per heavy atom. The van der Waals surface area contributed by atoms with Gasteiger partial charge in [0.05, 0.1) is 12.6 Å². The lowest BCUT2D eigenvalue weighted by atomic mass is 10.1. The van der Waals surface area contributed by atoms with Crippen molar-refractivity contribution in [1.29, 1.82) is 0 Å². The van der Waals surface area contributed by atoms with Crippen LogP contribution >= 0.6 is 11.3 Å². The van der Waals surface area contributed by atoms with Gasteiger partial charge in [0.25, 0.3) is 0 Å². The maximum atomic E-state index is 12.7. The predicted molar refractivity (Wildman–Crippen MR) is 95.6 cm³/mol. The summed E-state index contributed by atoms with van der Waals surface area (Å²) in [7, 11) is 0. The van der Waals surface area contributed by atoms with Gasteiger partial charge in [0.2, 0.25) is 0 Å². The zero-order valence-electron chi connectivity index (χ0n) is 13.8. The van der Waals surface area contributed by atoms with Crippen molar-refractivity contribution in [3.8, 4) is 0 Å². The Bertz CT molecular complexity index is 648. The van der Waals surface area contributed by atoms with Crippen LogP contribution in [0.15, 0.2) is 41.8 Å². The molecule has 0 spiro atoms. The van der Waals surface area contributed by atoms with Crippen LogP contribution in [0.4, 0.5) is 4.79 Å². The van der Waals surface area contributed by atoms with Crippen molar-refractivity contribution in [2.75, 3.05) is 6.54 Å². The Morgan fingerprint density at radius 1 is 1.30 bits per heavy atom. The molecule has 4 heteroatoms. The number of aryl methyl sites for hydroxylation is 1. The molecule has 1 aliphatic carbocycles. The summed E-state index contributed by atoms with van der Waals surface area (Å²) in [6.45, 7) is 5.68. The summed E-state index contributed by atoms with van der Waals surface area (Å²) in [6, 6.07) is 12.5. The van der Waals surface area contributed by atoms with Crippen molar-refractivity contribution in [2.24, 2.45) is 5.92 Å². The molecule has 2 aromatic rings. The minimum absolute atomic E-state index is 0.0426. The molecule has 3 nitrogen and oxygen atoms in total. The molecule has 0 saturated heterocycles. The molecule has 1 N–H and O–H groups in total. The van der Waals surface area contributed by atoms with Crippen molar-refractivity contribution < 1.29 is 4.79 Å². The third kappa shape index (κ3) is 4.14. The van der Waals surface area contributed by atoms with Crippen LogP contribution in [0.25, 0.3) is 0 Å². The van der Waals surface area contributed by atoms with E-state index in [1.165, 1.54) is 28.8 Å². The summed E-state index contributed by atoms with van der Waals surface area (Å²) in [5, 5.41) is 5.18. The van der Waals surface area contributed by atoms with Crippen molar-refractivity contribution in [3.05, 3.63) is 57.8 Å². The van der Waals surface area contributed by atoms with E-state index in [0.717, 1.165) is 6.54 Å². The van der Waals surface area contributed by atoms with Gasteiger partial charge in [-0.3, -0.25) is 0 Å². The topological polar surface area (TPSA) is 32.3 Å². The van der Waals surface area contributed by atoms with Gasteiger partial charge in [-0.15, -0.1) is 11.3 Å². The fourth-order valence-electron chi connectivity index (χ4n) is 2.75. The van der Waals surface area contributed by atoms with Crippen LogP contribution in [0.5, 0.6) is 0 Å². The SMILES string of the molecule is Cc1ccsc1CNC(=O)N(CC1CC1)C(C)c1ccccc1. The number of nitrogens with one attached hydrogen (secondary N) is 1.